The molecule has 21 heavy (non-hydrogen) atoms. The van der Waals surface area contributed by atoms with Crippen molar-refractivity contribution in [3.05, 3.63) is 36.3 Å². The van der Waals surface area contributed by atoms with E-state index in [1.165, 1.54) is 12.8 Å². The largest absolute Gasteiger partial charge is 0.342 e. The van der Waals surface area contributed by atoms with Crippen molar-refractivity contribution in [2.45, 2.75) is 38.6 Å². The minimum Gasteiger partial charge on any atom is -0.342 e. The van der Waals surface area contributed by atoms with Crippen molar-refractivity contribution in [3.8, 4) is 11.3 Å². The molecule has 5 nitrogen and oxygen atoms in total. The lowest BCUT2D eigenvalue weighted by atomic mass is 10.1. The van der Waals surface area contributed by atoms with E-state index in [1.807, 2.05) is 31.2 Å². The molecular formula is C16H20N4O. The number of aryl methyl sites for hydroxylation is 1. The van der Waals surface area contributed by atoms with E-state index in [0.717, 1.165) is 35.6 Å². The Labute approximate surface area is 124 Å². The Balaban J connectivity index is 1.66. The van der Waals surface area contributed by atoms with Crippen molar-refractivity contribution >= 4 is 11.7 Å². The molecule has 2 aromatic rings. The summed E-state index contributed by atoms with van der Waals surface area (Å²) in [4.78, 5) is 19.4. The fourth-order valence-electron chi connectivity index (χ4n) is 2.75. The molecule has 0 bridgehead atoms. The van der Waals surface area contributed by atoms with Crippen LogP contribution in [-0.4, -0.2) is 22.0 Å². The van der Waals surface area contributed by atoms with Crippen LogP contribution in [0.4, 0.5) is 10.5 Å². The smallest absolute Gasteiger partial charge is 0.319 e. The highest BCUT2D eigenvalue weighted by Gasteiger charge is 2.17. The maximum absolute atomic E-state index is 12.0. The molecule has 1 aliphatic carbocycles. The predicted molar refractivity (Wildman–Crippen MR) is 83.2 cm³/mol. The normalized spacial score (nSPS) is 15.1. The van der Waals surface area contributed by atoms with Gasteiger partial charge in [-0.25, -0.2) is 9.78 Å². The number of carbonyl (C=O) groups excluding carboxylic acids is 1. The van der Waals surface area contributed by atoms with Gasteiger partial charge in [-0.2, -0.15) is 0 Å². The molecule has 0 spiro atoms. The van der Waals surface area contributed by atoms with Crippen molar-refractivity contribution in [1.29, 1.82) is 0 Å². The maximum atomic E-state index is 12.0. The van der Waals surface area contributed by atoms with E-state index >= 15 is 0 Å². The molecule has 3 rings (SSSR count). The molecule has 1 aromatic carbocycles. The van der Waals surface area contributed by atoms with Crippen LogP contribution in [0.1, 0.15) is 31.5 Å². The molecule has 1 fully saturated rings. The number of amides is 2. The third kappa shape index (κ3) is 3.42. The van der Waals surface area contributed by atoms with Crippen molar-refractivity contribution in [2.24, 2.45) is 0 Å². The minimum absolute atomic E-state index is 0.125. The van der Waals surface area contributed by atoms with Gasteiger partial charge < -0.3 is 15.6 Å². The number of nitrogens with zero attached hydrogens (tertiary/aromatic N) is 1. The number of carbonyl (C=O) groups is 1. The summed E-state index contributed by atoms with van der Waals surface area (Å²) < 4.78 is 0. The number of rotatable bonds is 3. The number of aromatic amines is 1. The van der Waals surface area contributed by atoms with Gasteiger partial charge in [-0.1, -0.05) is 25.0 Å². The highest BCUT2D eigenvalue weighted by atomic mass is 16.2. The second-order valence-electron chi connectivity index (χ2n) is 5.54. The molecule has 0 aliphatic heterocycles. The van der Waals surface area contributed by atoms with E-state index < -0.39 is 0 Å². The fraction of sp³-hybridized carbons (Fsp3) is 0.375. The van der Waals surface area contributed by atoms with Gasteiger partial charge in [0, 0.05) is 17.3 Å². The van der Waals surface area contributed by atoms with E-state index in [9.17, 15) is 4.79 Å². The first kappa shape index (κ1) is 13.7. The fourth-order valence-corrected chi connectivity index (χ4v) is 2.75. The maximum Gasteiger partial charge on any atom is 0.319 e. The molecule has 1 saturated carbocycles. The van der Waals surface area contributed by atoms with Gasteiger partial charge in [0.1, 0.15) is 5.82 Å². The molecule has 110 valence electrons. The van der Waals surface area contributed by atoms with Crippen LogP contribution in [-0.2, 0) is 0 Å². The van der Waals surface area contributed by atoms with Crippen molar-refractivity contribution in [2.75, 3.05) is 5.32 Å². The highest BCUT2D eigenvalue weighted by Crippen LogP contribution is 2.21. The first-order valence-corrected chi connectivity index (χ1v) is 7.40. The first-order valence-electron chi connectivity index (χ1n) is 7.40. The van der Waals surface area contributed by atoms with Gasteiger partial charge in [-0.3, -0.25) is 0 Å². The summed E-state index contributed by atoms with van der Waals surface area (Å²) in [5.74, 6) is 0.877. The number of anilines is 1. The Morgan fingerprint density at radius 3 is 2.86 bits per heavy atom. The van der Waals surface area contributed by atoms with Crippen LogP contribution in [0, 0.1) is 6.92 Å². The quantitative estimate of drug-likeness (QED) is 0.808. The third-order valence-corrected chi connectivity index (χ3v) is 3.82. The predicted octanol–water partition coefficient (Wildman–Crippen LogP) is 3.45. The first-order chi connectivity index (χ1) is 10.2. The molecule has 1 heterocycles. The SMILES string of the molecule is Cc1ncc(-c2cccc(NC(=O)NC3CCCC3)c2)[nH]1. The number of hydrogen-bond acceptors (Lipinski definition) is 2. The zero-order valence-corrected chi connectivity index (χ0v) is 12.1. The van der Waals surface area contributed by atoms with E-state index in [-0.39, 0.29) is 6.03 Å². The lowest BCUT2D eigenvalue weighted by molar-refractivity contribution is 0.248. The third-order valence-electron chi connectivity index (χ3n) is 3.82. The van der Waals surface area contributed by atoms with E-state index in [2.05, 4.69) is 20.6 Å². The second kappa shape index (κ2) is 5.99. The molecule has 0 saturated heterocycles. The molecule has 3 N–H and O–H groups in total. The lowest BCUT2D eigenvalue weighted by Gasteiger charge is -2.13. The molecule has 5 heteroatoms. The van der Waals surface area contributed by atoms with Gasteiger partial charge in [-0.15, -0.1) is 0 Å². The minimum atomic E-state index is -0.125. The Hall–Kier alpha value is -2.30. The number of benzene rings is 1. The van der Waals surface area contributed by atoms with Crippen molar-refractivity contribution in [1.82, 2.24) is 15.3 Å². The Kier molecular flexibility index (Phi) is 3.90. The summed E-state index contributed by atoms with van der Waals surface area (Å²) in [6.07, 6.45) is 6.38. The topological polar surface area (TPSA) is 69.8 Å². The molecule has 0 radical (unpaired) electrons. The summed E-state index contributed by atoms with van der Waals surface area (Å²) in [5, 5.41) is 5.92. The van der Waals surface area contributed by atoms with Crippen molar-refractivity contribution in [3.63, 3.8) is 0 Å². The molecule has 0 unspecified atom stereocenters. The van der Waals surface area contributed by atoms with Crippen LogP contribution in [0.5, 0.6) is 0 Å². The highest BCUT2D eigenvalue weighted by molar-refractivity contribution is 5.90. The van der Waals surface area contributed by atoms with Gasteiger partial charge >= 0.3 is 6.03 Å². The van der Waals surface area contributed by atoms with Crippen LogP contribution in [0.3, 0.4) is 0 Å². The van der Waals surface area contributed by atoms with Gasteiger partial charge in [0.2, 0.25) is 0 Å². The standard InChI is InChI=1S/C16H20N4O/c1-11-17-10-15(18-11)12-5-4-8-14(9-12)20-16(21)19-13-6-2-3-7-13/h4-5,8-10,13H,2-3,6-7H2,1H3,(H,17,18)(H2,19,20,21). The second-order valence-corrected chi connectivity index (χ2v) is 5.54. The van der Waals surface area contributed by atoms with Crippen LogP contribution >= 0.6 is 0 Å². The Bertz CT molecular complexity index is 629. The number of nitrogens with one attached hydrogen (secondary N) is 3. The van der Waals surface area contributed by atoms with Gasteiger partial charge in [0.25, 0.3) is 0 Å². The average molecular weight is 284 g/mol. The number of aromatic nitrogens is 2. The van der Waals surface area contributed by atoms with Gasteiger partial charge in [-0.05, 0) is 31.9 Å². The number of hydrogen-bond donors (Lipinski definition) is 3. The van der Waals surface area contributed by atoms with Crippen LogP contribution in [0.15, 0.2) is 30.5 Å². The van der Waals surface area contributed by atoms with E-state index in [4.69, 9.17) is 0 Å². The lowest BCUT2D eigenvalue weighted by Crippen LogP contribution is -2.36. The van der Waals surface area contributed by atoms with Gasteiger partial charge in [0.05, 0.1) is 11.9 Å². The monoisotopic (exact) mass is 284 g/mol. The molecule has 0 atom stereocenters. The Morgan fingerprint density at radius 1 is 1.33 bits per heavy atom. The zero-order chi connectivity index (χ0) is 14.7. The van der Waals surface area contributed by atoms with Crippen LogP contribution in [0.2, 0.25) is 0 Å². The average Bonchev–Trinajstić information content (AvgIpc) is 3.10. The molecular weight excluding hydrogens is 264 g/mol. The van der Waals surface area contributed by atoms with E-state index in [0.29, 0.717) is 6.04 Å². The van der Waals surface area contributed by atoms with Gasteiger partial charge in [0.15, 0.2) is 0 Å². The number of urea groups is 1. The number of imidazole rings is 1. The summed E-state index contributed by atoms with van der Waals surface area (Å²) in [6, 6.07) is 7.95. The van der Waals surface area contributed by atoms with Crippen LogP contribution in [0.25, 0.3) is 11.3 Å². The summed E-state index contributed by atoms with van der Waals surface area (Å²) in [5.41, 5.74) is 2.75. The summed E-state index contributed by atoms with van der Waals surface area (Å²) in [7, 11) is 0. The summed E-state index contributed by atoms with van der Waals surface area (Å²) >= 11 is 0. The molecule has 1 aromatic heterocycles. The zero-order valence-electron chi connectivity index (χ0n) is 12.1. The van der Waals surface area contributed by atoms with Crippen molar-refractivity contribution < 1.29 is 4.79 Å². The Morgan fingerprint density at radius 2 is 2.14 bits per heavy atom. The van der Waals surface area contributed by atoms with Crippen LogP contribution < -0.4 is 10.6 Å². The molecule has 1 aliphatic rings. The number of H-pyrrole nitrogens is 1. The van der Waals surface area contributed by atoms with E-state index in [1.54, 1.807) is 6.20 Å². The summed E-state index contributed by atoms with van der Waals surface area (Å²) in [6.45, 7) is 1.92. The molecule has 2 amide bonds.